The van der Waals surface area contributed by atoms with Gasteiger partial charge < -0.3 is 24.8 Å². The summed E-state index contributed by atoms with van der Waals surface area (Å²) in [5.74, 6) is 0.681. The van der Waals surface area contributed by atoms with E-state index < -0.39 is 11.2 Å². The number of benzene rings is 4. The molecule has 0 aliphatic heterocycles. The highest BCUT2D eigenvalue weighted by molar-refractivity contribution is 6.32. The summed E-state index contributed by atoms with van der Waals surface area (Å²) in [6, 6.07) is 14.6. The maximum Gasteiger partial charge on any atom is 0.141 e. The fourth-order valence-corrected chi connectivity index (χ4v) is 5.40. The number of phenols is 3. The summed E-state index contributed by atoms with van der Waals surface area (Å²) in [6.07, 6.45) is 0.582. The number of rotatable bonds is 8. The van der Waals surface area contributed by atoms with Gasteiger partial charge in [-0.05, 0) is 104 Å². The molecule has 4 rings (SSSR count). The lowest BCUT2D eigenvalue weighted by molar-refractivity contribution is 0.0959. The van der Waals surface area contributed by atoms with Crippen LogP contribution in [0.5, 0.6) is 28.7 Å². The molecular weight excluding hydrogens is 531 g/mol. The summed E-state index contributed by atoms with van der Waals surface area (Å²) in [7, 11) is 0. The number of fused-ring (bicyclic) bond motifs is 1. The highest BCUT2D eigenvalue weighted by atomic mass is 35.5. The normalized spacial score (nSPS) is 12.2. The topological polar surface area (TPSA) is 79.2 Å². The average molecular weight is 567 g/mol. The molecule has 3 N–H and O–H groups in total. The van der Waals surface area contributed by atoms with Gasteiger partial charge in [0, 0.05) is 17.2 Å². The molecule has 0 atom stereocenters. The first-order valence-corrected chi connectivity index (χ1v) is 13.7. The molecule has 212 valence electrons. The molecule has 5 nitrogen and oxygen atoms in total. The van der Waals surface area contributed by atoms with Crippen LogP contribution < -0.4 is 9.47 Å². The first-order chi connectivity index (χ1) is 18.6. The Hall–Kier alpha value is -3.64. The molecule has 4 aromatic carbocycles. The molecule has 0 heterocycles. The number of halogens is 2. The SMILES string of the molecule is CCc1c(F)ccc2cc(OC(C)(C)c3cc(OC(C)(C)c4cc(O)cc(Cl)c4O)ccc3O)cc(C(C)C)c12. The van der Waals surface area contributed by atoms with Gasteiger partial charge >= 0.3 is 0 Å². The average Bonchev–Trinajstić information content (AvgIpc) is 2.86. The fourth-order valence-electron chi connectivity index (χ4n) is 5.19. The Kier molecular flexibility index (Phi) is 7.88. The van der Waals surface area contributed by atoms with E-state index in [0.717, 1.165) is 16.3 Å². The predicted molar refractivity (Wildman–Crippen MR) is 158 cm³/mol. The number of ether oxygens (including phenoxy) is 2. The van der Waals surface area contributed by atoms with E-state index in [0.29, 0.717) is 34.6 Å². The van der Waals surface area contributed by atoms with Crippen molar-refractivity contribution < 1.29 is 29.2 Å². The second-order valence-electron chi connectivity index (χ2n) is 11.4. The zero-order chi connectivity index (χ0) is 29.6. The van der Waals surface area contributed by atoms with Crippen molar-refractivity contribution in [1.29, 1.82) is 0 Å². The van der Waals surface area contributed by atoms with Crippen LogP contribution >= 0.6 is 11.6 Å². The van der Waals surface area contributed by atoms with Crippen molar-refractivity contribution in [2.45, 2.75) is 72.0 Å². The maximum atomic E-state index is 14.6. The van der Waals surface area contributed by atoms with Crippen LogP contribution in [-0.4, -0.2) is 15.3 Å². The van der Waals surface area contributed by atoms with Crippen LogP contribution in [0.15, 0.2) is 54.6 Å². The van der Waals surface area contributed by atoms with Crippen LogP contribution in [0.2, 0.25) is 5.02 Å². The molecule has 4 aromatic rings. The molecule has 0 saturated carbocycles. The van der Waals surface area contributed by atoms with Crippen LogP contribution in [0.25, 0.3) is 10.8 Å². The third kappa shape index (κ3) is 5.64. The van der Waals surface area contributed by atoms with E-state index >= 15 is 0 Å². The van der Waals surface area contributed by atoms with Gasteiger partial charge in [0.15, 0.2) is 0 Å². The molecule has 0 aliphatic rings. The van der Waals surface area contributed by atoms with Gasteiger partial charge in [0.05, 0.1) is 5.02 Å². The van der Waals surface area contributed by atoms with E-state index in [1.807, 2.05) is 32.9 Å². The Labute approximate surface area is 239 Å². The van der Waals surface area contributed by atoms with Gasteiger partial charge in [-0.15, -0.1) is 0 Å². The quantitative estimate of drug-likeness (QED) is 0.185. The van der Waals surface area contributed by atoms with E-state index in [-0.39, 0.29) is 34.0 Å². The first kappa shape index (κ1) is 29.3. The van der Waals surface area contributed by atoms with Gasteiger partial charge in [0.25, 0.3) is 0 Å². The summed E-state index contributed by atoms with van der Waals surface area (Å²) in [5, 5.41) is 33.2. The molecule has 0 spiro atoms. The van der Waals surface area contributed by atoms with Gasteiger partial charge in [-0.3, -0.25) is 0 Å². The summed E-state index contributed by atoms with van der Waals surface area (Å²) in [4.78, 5) is 0. The molecule has 0 fully saturated rings. The highest BCUT2D eigenvalue weighted by Gasteiger charge is 2.31. The Morgan fingerprint density at radius 1 is 0.825 bits per heavy atom. The van der Waals surface area contributed by atoms with Crippen molar-refractivity contribution in [3.8, 4) is 28.7 Å². The van der Waals surface area contributed by atoms with Gasteiger partial charge in [-0.25, -0.2) is 4.39 Å². The molecular formula is C33H36ClFO5. The molecule has 0 aliphatic carbocycles. The second kappa shape index (κ2) is 10.7. The Bertz CT molecular complexity index is 1580. The third-order valence-electron chi connectivity index (χ3n) is 7.21. The number of aromatic hydroxyl groups is 3. The molecule has 0 bridgehead atoms. The molecule has 0 unspecified atom stereocenters. The van der Waals surface area contributed by atoms with Crippen LogP contribution in [0.4, 0.5) is 4.39 Å². The van der Waals surface area contributed by atoms with Crippen molar-refractivity contribution in [3.05, 3.63) is 87.7 Å². The minimum atomic E-state index is -1.08. The number of hydrogen-bond acceptors (Lipinski definition) is 5. The van der Waals surface area contributed by atoms with Gasteiger partial charge in [0.1, 0.15) is 45.8 Å². The third-order valence-corrected chi connectivity index (χ3v) is 7.50. The van der Waals surface area contributed by atoms with E-state index in [9.17, 15) is 19.7 Å². The largest absolute Gasteiger partial charge is 0.508 e. The predicted octanol–water partition coefficient (Wildman–Crippen LogP) is 9.06. The van der Waals surface area contributed by atoms with Crippen LogP contribution in [0.3, 0.4) is 0 Å². The summed E-state index contributed by atoms with van der Waals surface area (Å²) < 4.78 is 27.3. The van der Waals surface area contributed by atoms with Crippen molar-refractivity contribution in [2.24, 2.45) is 0 Å². The first-order valence-electron chi connectivity index (χ1n) is 13.3. The fraction of sp³-hybridized carbons (Fsp3) is 0.333. The van der Waals surface area contributed by atoms with Gasteiger partial charge in [0.2, 0.25) is 0 Å². The van der Waals surface area contributed by atoms with Gasteiger partial charge in [-0.1, -0.05) is 38.4 Å². The van der Waals surface area contributed by atoms with Crippen LogP contribution in [0, 0.1) is 5.82 Å². The van der Waals surface area contributed by atoms with E-state index in [4.69, 9.17) is 21.1 Å². The van der Waals surface area contributed by atoms with Crippen LogP contribution in [-0.2, 0) is 17.6 Å². The highest BCUT2D eigenvalue weighted by Crippen LogP contribution is 2.43. The maximum absolute atomic E-state index is 14.6. The molecule has 40 heavy (non-hydrogen) atoms. The van der Waals surface area contributed by atoms with Crippen LogP contribution in [0.1, 0.15) is 76.6 Å². The minimum Gasteiger partial charge on any atom is -0.508 e. The van der Waals surface area contributed by atoms with E-state index in [1.165, 1.54) is 24.3 Å². The Morgan fingerprint density at radius 2 is 1.48 bits per heavy atom. The Balaban J connectivity index is 1.71. The molecule has 0 saturated heterocycles. The number of aryl methyl sites for hydroxylation is 1. The Morgan fingerprint density at radius 3 is 2.12 bits per heavy atom. The zero-order valence-corrected chi connectivity index (χ0v) is 24.7. The van der Waals surface area contributed by atoms with Gasteiger partial charge in [-0.2, -0.15) is 0 Å². The zero-order valence-electron chi connectivity index (χ0n) is 23.9. The molecule has 0 aromatic heterocycles. The number of phenolic OH excluding ortho intramolecular Hbond substituents is 3. The molecule has 7 heteroatoms. The lowest BCUT2D eigenvalue weighted by Crippen LogP contribution is -2.27. The number of hydrogen-bond donors (Lipinski definition) is 3. The monoisotopic (exact) mass is 566 g/mol. The minimum absolute atomic E-state index is 0.0116. The van der Waals surface area contributed by atoms with Crippen molar-refractivity contribution >= 4 is 22.4 Å². The van der Waals surface area contributed by atoms with E-state index in [1.54, 1.807) is 32.0 Å². The van der Waals surface area contributed by atoms with Crippen molar-refractivity contribution in [1.82, 2.24) is 0 Å². The summed E-state index contributed by atoms with van der Waals surface area (Å²) in [6.45, 7) is 13.3. The summed E-state index contributed by atoms with van der Waals surface area (Å²) in [5.41, 5.74) is 0.409. The molecule has 0 amide bonds. The lowest BCUT2D eigenvalue weighted by atomic mass is 9.91. The standard InChI is InChI=1S/C33H36ClFO5/c1-8-23-28(35)11-9-19-13-22(16-24(18(2)3)30(19)23)40-32(4,5)25-17-21(10-12-29(25)37)39-33(6,7)26-14-20(36)15-27(34)31(26)38/h9-18,36-38H,8H2,1-7H3. The molecule has 0 radical (unpaired) electrons. The van der Waals surface area contributed by atoms with Crippen molar-refractivity contribution in [3.63, 3.8) is 0 Å². The van der Waals surface area contributed by atoms with Crippen molar-refractivity contribution in [2.75, 3.05) is 0 Å². The second-order valence-corrected chi connectivity index (χ2v) is 11.8. The van der Waals surface area contributed by atoms with E-state index in [2.05, 4.69) is 13.8 Å². The smallest absolute Gasteiger partial charge is 0.141 e. The summed E-state index contributed by atoms with van der Waals surface area (Å²) >= 11 is 6.07. The lowest BCUT2D eigenvalue weighted by Gasteiger charge is -2.31.